The van der Waals surface area contributed by atoms with Crippen LogP contribution in [0, 0.1) is 0 Å². The number of hydrogen-bond acceptors (Lipinski definition) is 3. The standard InChI is InChI=1S/C14H18N2O2/c1-15-8-2-3-9-18-12-6-4-11-5-7-14(17)16-13(11)10-12/h4-7,10,15H,2-3,8-9H2,1H3,(H,16,17). The molecule has 0 fully saturated rings. The van der Waals surface area contributed by atoms with E-state index in [2.05, 4.69) is 10.3 Å². The Hall–Kier alpha value is -1.81. The molecule has 0 saturated carbocycles. The number of ether oxygens (including phenoxy) is 1. The van der Waals surface area contributed by atoms with Crippen molar-refractivity contribution in [2.45, 2.75) is 12.8 Å². The van der Waals surface area contributed by atoms with Crippen LogP contribution in [0.2, 0.25) is 0 Å². The molecule has 4 nitrogen and oxygen atoms in total. The predicted octanol–water partition coefficient (Wildman–Crippen LogP) is 1.91. The maximum atomic E-state index is 11.2. The summed E-state index contributed by atoms with van der Waals surface area (Å²) in [5.74, 6) is 0.800. The van der Waals surface area contributed by atoms with Gasteiger partial charge in [-0.3, -0.25) is 4.79 Å². The second-order valence-electron chi connectivity index (χ2n) is 4.23. The predicted molar refractivity (Wildman–Crippen MR) is 73.2 cm³/mol. The molecule has 0 saturated heterocycles. The average Bonchev–Trinajstić information content (AvgIpc) is 2.38. The molecule has 1 aromatic heterocycles. The second kappa shape index (κ2) is 6.21. The summed E-state index contributed by atoms with van der Waals surface area (Å²) in [4.78, 5) is 14.0. The van der Waals surface area contributed by atoms with Gasteiger partial charge >= 0.3 is 0 Å². The minimum Gasteiger partial charge on any atom is -0.494 e. The van der Waals surface area contributed by atoms with Crippen LogP contribution in [-0.4, -0.2) is 25.2 Å². The Morgan fingerprint density at radius 1 is 1.22 bits per heavy atom. The number of aromatic amines is 1. The van der Waals surface area contributed by atoms with Crippen LogP contribution in [0.1, 0.15) is 12.8 Å². The highest BCUT2D eigenvalue weighted by molar-refractivity contribution is 5.79. The van der Waals surface area contributed by atoms with Gasteiger partial charge in [0.15, 0.2) is 0 Å². The number of benzene rings is 1. The number of unbranched alkanes of at least 4 members (excludes halogenated alkanes) is 1. The van der Waals surface area contributed by atoms with Gasteiger partial charge in [0.05, 0.1) is 12.1 Å². The molecule has 0 amide bonds. The molecule has 0 aliphatic carbocycles. The molecule has 2 N–H and O–H groups in total. The van der Waals surface area contributed by atoms with Crippen LogP contribution in [-0.2, 0) is 0 Å². The number of aromatic nitrogens is 1. The van der Waals surface area contributed by atoms with Crippen molar-refractivity contribution in [3.8, 4) is 5.75 Å². The second-order valence-corrected chi connectivity index (χ2v) is 4.23. The van der Waals surface area contributed by atoms with Crippen LogP contribution in [0.5, 0.6) is 5.75 Å². The molecular weight excluding hydrogens is 228 g/mol. The van der Waals surface area contributed by atoms with E-state index in [-0.39, 0.29) is 5.56 Å². The first-order valence-corrected chi connectivity index (χ1v) is 6.20. The van der Waals surface area contributed by atoms with E-state index in [1.165, 1.54) is 6.07 Å². The molecule has 18 heavy (non-hydrogen) atoms. The number of hydrogen-bond donors (Lipinski definition) is 2. The van der Waals surface area contributed by atoms with Crippen LogP contribution >= 0.6 is 0 Å². The van der Waals surface area contributed by atoms with Crippen LogP contribution < -0.4 is 15.6 Å². The molecule has 0 aliphatic rings. The van der Waals surface area contributed by atoms with E-state index in [1.807, 2.05) is 31.3 Å². The van der Waals surface area contributed by atoms with E-state index >= 15 is 0 Å². The lowest BCUT2D eigenvalue weighted by atomic mass is 10.2. The summed E-state index contributed by atoms with van der Waals surface area (Å²) >= 11 is 0. The van der Waals surface area contributed by atoms with E-state index in [0.29, 0.717) is 6.61 Å². The zero-order valence-electron chi connectivity index (χ0n) is 10.5. The molecule has 0 spiro atoms. The molecule has 1 aromatic carbocycles. The number of rotatable bonds is 6. The highest BCUT2D eigenvalue weighted by atomic mass is 16.5. The van der Waals surface area contributed by atoms with E-state index < -0.39 is 0 Å². The summed E-state index contributed by atoms with van der Waals surface area (Å²) in [7, 11) is 1.94. The van der Waals surface area contributed by atoms with Crippen LogP contribution in [0.3, 0.4) is 0 Å². The van der Waals surface area contributed by atoms with Crippen molar-refractivity contribution in [3.05, 3.63) is 40.7 Å². The van der Waals surface area contributed by atoms with Gasteiger partial charge in [-0.1, -0.05) is 0 Å². The van der Waals surface area contributed by atoms with Gasteiger partial charge in [0.2, 0.25) is 5.56 Å². The van der Waals surface area contributed by atoms with Crippen LogP contribution in [0.25, 0.3) is 10.9 Å². The van der Waals surface area contributed by atoms with Crippen molar-refractivity contribution in [1.82, 2.24) is 10.3 Å². The zero-order chi connectivity index (χ0) is 12.8. The molecule has 2 rings (SSSR count). The fraction of sp³-hybridized carbons (Fsp3) is 0.357. The molecule has 0 aliphatic heterocycles. The largest absolute Gasteiger partial charge is 0.494 e. The molecule has 4 heteroatoms. The Morgan fingerprint density at radius 3 is 2.89 bits per heavy atom. The molecule has 0 radical (unpaired) electrons. The smallest absolute Gasteiger partial charge is 0.248 e. The van der Waals surface area contributed by atoms with Gasteiger partial charge in [-0.2, -0.15) is 0 Å². The molecule has 2 aromatic rings. The highest BCUT2D eigenvalue weighted by Gasteiger charge is 1.98. The first-order chi connectivity index (χ1) is 8.79. The number of nitrogens with one attached hydrogen (secondary N) is 2. The van der Waals surface area contributed by atoms with Gasteiger partial charge in [-0.25, -0.2) is 0 Å². The molecule has 0 bridgehead atoms. The third-order valence-electron chi connectivity index (χ3n) is 2.79. The normalized spacial score (nSPS) is 10.7. The monoisotopic (exact) mass is 246 g/mol. The molecular formula is C14H18N2O2. The quantitative estimate of drug-likeness (QED) is 0.765. The van der Waals surface area contributed by atoms with Gasteiger partial charge in [-0.15, -0.1) is 0 Å². The zero-order valence-corrected chi connectivity index (χ0v) is 10.5. The van der Waals surface area contributed by atoms with Crippen molar-refractivity contribution >= 4 is 10.9 Å². The first kappa shape index (κ1) is 12.6. The molecule has 1 heterocycles. The van der Waals surface area contributed by atoms with E-state index in [1.54, 1.807) is 0 Å². The molecule has 0 unspecified atom stereocenters. The summed E-state index contributed by atoms with van der Waals surface area (Å²) in [6.45, 7) is 1.71. The summed E-state index contributed by atoms with van der Waals surface area (Å²) in [5, 5.41) is 4.11. The van der Waals surface area contributed by atoms with Crippen LogP contribution in [0.4, 0.5) is 0 Å². The SMILES string of the molecule is CNCCCCOc1ccc2ccc(=O)[nH]c2c1. The van der Waals surface area contributed by atoms with Gasteiger partial charge in [0.25, 0.3) is 0 Å². The van der Waals surface area contributed by atoms with Gasteiger partial charge in [-0.05, 0) is 50.0 Å². The maximum Gasteiger partial charge on any atom is 0.248 e. The van der Waals surface area contributed by atoms with E-state index in [9.17, 15) is 4.79 Å². The minimum absolute atomic E-state index is 0.0892. The molecule has 96 valence electrons. The van der Waals surface area contributed by atoms with Gasteiger partial charge in [0.1, 0.15) is 5.75 Å². The lowest BCUT2D eigenvalue weighted by Crippen LogP contribution is -2.09. The average molecular weight is 246 g/mol. The fourth-order valence-corrected chi connectivity index (χ4v) is 1.81. The summed E-state index contributed by atoms with van der Waals surface area (Å²) < 4.78 is 5.65. The van der Waals surface area contributed by atoms with E-state index in [0.717, 1.165) is 36.0 Å². The fourth-order valence-electron chi connectivity index (χ4n) is 1.81. The Balaban J connectivity index is 1.99. The van der Waals surface area contributed by atoms with Crippen molar-refractivity contribution in [2.24, 2.45) is 0 Å². The van der Waals surface area contributed by atoms with Crippen molar-refractivity contribution in [3.63, 3.8) is 0 Å². The Bertz CT molecular complexity index is 563. The van der Waals surface area contributed by atoms with Gasteiger partial charge < -0.3 is 15.0 Å². The third-order valence-corrected chi connectivity index (χ3v) is 2.79. The maximum absolute atomic E-state index is 11.2. The topological polar surface area (TPSA) is 54.1 Å². The Morgan fingerprint density at radius 2 is 2.06 bits per heavy atom. The minimum atomic E-state index is -0.0892. The highest BCUT2D eigenvalue weighted by Crippen LogP contribution is 2.18. The summed E-state index contributed by atoms with van der Waals surface area (Å²) in [6, 6.07) is 9.09. The van der Waals surface area contributed by atoms with Crippen molar-refractivity contribution in [2.75, 3.05) is 20.2 Å². The van der Waals surface area contributed by atoms with Crippen molar-refractivity contribution < 1.29 is 4.74 Å². The van der Waals surface area contributed by atoms with Gasteiger partial charge in [0, 0.05) is 12.1 Å². The summed E-state index contributed by atoms with van der Waals surface area (Å²) in [6.07, 6.45) is 2.12. The number of fused-ring (bicyclic) bond motifs is 1. The lowest BCUT2D eigenvalue weighted by Gasteiger charge is -2.07. The Kier molecular flexibility index (Phi) is 4.36. The first-order valence-electron chi connectivity index (χ1n) is 6.20. The molecule has 0 atom stereocenters. The lowest BCUT2D eigenvalue weighted by molar-refractivity contribution is 0.307. The number of H-pyrrole nitrogens is 1. The van der Waals surface area contributed by atoms with Crippen LogP contribution in [0.15, 0.2) is 35.1 Å². The number of pyridine rings is 1. The van der Waals surface area contributed by atoms with E-state index in [4.69, 9.17) is 4.74 Å². The third kappa shape index (κ3) is 3.34. The summed E-state index contributed by atoms with van der Waals surface area (Å²) in [5.41, 5.74) is 0.726. The Labute approximate surface area is 106 Å². The van der Waals surface area contributed by atoms with Crippen molar-refractivity contribution in [1.29, 1.82) is 0 Å².